The van der Waals surface area contributed by atoms with Gasteiger partial charge in [-0.1, -0.05) is 26.0 Å². The maximum absolute atomic E-state index is 12.0. The summed E-state index contributed by atoms with van der Waals surface area (Å²) in [6, 6.07) is 7.89. The summed E-state index contributed by atoms with van der Waals surface area (Å²) in [5, 5.41) is 0.996. The van der Waals surface area contributed by atoms with E-state index in [2.05, 4.69) is 29.2 Å². The van der Waals surface area contributed by atoms with Crippen LogP contribution < -0.4 is 15.8 Å². The zero-order valence-electron chi connectivity index (χ0n) is 13.2. The molecule has 0 bridgehead atoms. The van der Waals surface area contributed by atoms with Gasteiger partial charge in [0.2, 0.25) is 12.0 Å². The van der Waals surface area contributed by atoms with Gasteiger partial charge in [0.05, 0.1) is 23.6 Å². The van der Waals surface area contributed by atoms with Crippen molar-refractivity contribution in [1.29, 1.82) is 0 Å². The van der Waals surface area contributed by atoms with Crippen molar-refractivity contribution in [2.45, 2.75) is 13.8 Å². The SMILES string of the molecule is CC(C)C[N+]1(NC(=O)CN)C=Nc2cnc3ccccc3c21.Cl. The smallest absolute Gasteiger partial charge is 0.279 e. The highest BCUT2D eigenvalue weighted by atomic mass is 35.5. The Bertz CT molecular complexity index is 761. The van der Waals surface area contributed by atoms with Gasteiger partial charge >= 0.3 is 0 Å². The number of rotatable bonds is 4. The van der Waals surface area contributed by atoms with Crippen LogP contribution in [0.25, 0.3) is 10.9 Å². The number of carbonyl (C=O) groups excluding carboxylic acids is 1. The van der Waals surface area contributed by atoms with Gasteiger partial charge in [-0.3, -0.25) is 9.78 Å². The fourth-order valence-electron chi connectivity index (χ4n) is 2.96. The third kappa shape index (κ3) is 3.06. The minimum absolute atomic E-state index is 0. The standard InChI is InChI=1S/C16H19N5O.ClH/c1-11(2)9-21(20-15(22)7-17)10-19-14-8-18-13-6-4-3-5-12(13)16(14)21;/h3-6,8,10-11H,7,9,17H2,1-2H3;1H/p+1. The maximum atomic E-state index is 12.0. The number of nitrogens with zero attached hydrogens (tertiary/aromatic N) is 3. The Labute approximate surface area is 141 Å². The van der Waals surface area contributed by atoms with Crippen molar-refractivity contribution in [3.05, 3.63) is 30.5 Å². The predicted octanol–water partition coefficient (Wildman–Crippen LogP) is 2.28. The Kier molecular flexibility index (Phi) is 4.99. The van der Waals surface area contributed by atoms with E-state index in [1.807, 2.05) is 24.3 Å². The number of pyridine rings is 1. The van der Waals surface area contributed by atoms with E-state index in [4.69, 9.17) is 5.73 Å². The monoisotopic (exact) mass is 334 g/mol. The summed E-state index contributed by atoms with van der Waals surface area (Å²) in [7, 11) is 0. The lowest BCUT2D eigenvalue weighted by Crippen LogP contribution is -2.62. The molecular formula is C16H21ClN5O+. The van der Waals surface area contributed by atoms with Gasteiger partial charge in [0.25, 0.3) is 5.91 Å². The van der Waals surface area contributed by atoms with Crippen LogP contribution in [0.5, 0.6) is 0 Å². The van der Waals surface area contributed by atoms with Crippen LogP contribution in [0.3, 0.4) is 0 Å². The lowest BCUT2D eigenvalue weighted by Gasteiger charge is -2.32. The van der Waals surface area contributed by atoms with E-state index in [1.54, 1.807) is 12.5 Å². The van der Waals surface area contributed by atoms with Crippen LogP contribution >= 0.6 is 12.4 Å². The molecule has 1 aliphatic rings. The molecule has 2 aromatic rings. The first-order chi connectivity index (χ1) is 10.6. The number of nitrogens with two attached hydrogens (primary N) is 1. The van der Waals surface area contributed by atoms with Gasteiger partial charge in [-0.2, -0.15) is 10.4 Å². The molecule has 1 unspecified atom stereocenters. The van der Waals surface area contributed by atoms with Crippen LogP contribution in [0.1, 0.15) is 13.8 Å². The van der Waals surface area contributed by atoms with Crippen molar-refractivity contribution in [2.75, 3.05) is 13.1 Å². The second kappa shape index (κ2) is 6.62. The van der Waals surface area contributed by atoms with Gasteiger partial charge < -0.3 is 5.73 Å². The van der Waals surface area contributed by atoms with Gasteiger partial charge in [-0.25, -0.2) is 0 Å². The normalized spacial score (nSPS) is 18.8. The van der Waals surface area contributed by atoms with Gasteiger partial charge in [0, 0.05) is 5.92 Å². The Morgan fingerprint density at radius 1 is 1.35 bits per heavy atom. The molecule has 0 aliphatic carbocycles. The van der Waals surface area contributed by atoms with Crippen LogP contribution in [0.15, 0.2) is 35.5 Å². The Morgan fingerprint density at radius 2 is 2.09 bits per heavy atom. The molecule has 1 aromatic carbocycles. The number of quaternary nitrogens is 1. The van der Waals surface area contributed by atoms with Gasteiger partial charge in [-0.05, 0) is 12.1 Å². The lowest BCUT2D eigenvalue weighted by molar-refractivity contribution is -0.122. The molecule has 0 fully saturated rings. The van der Waals surface area contributed by atoms with Gasteiger partial charge in [0.15, 0.2) is 5.69 Å². The molecule has 0 saturated heterocycles. The maximum Gasteiger partial charge on any atom is 0.279 e. The number of fused-ring (bicyclic) bond motifs is 3. The van der Waals surface area contributed by atoms with E-state index in [9.17, 15) is 4.79 Å². The van der Waals surface area contributed by atoms with Crippen molar-refractivity contribution >= 4 is 46.9 Å². The van der Waals surface area contributed by atoms with Crippen LogP contribution in [0.4, 0.5) is 11.4 Å². The lowest BCUT2D eigenvalue weighted by atomic mass is 10.1. The van der Waals surface area contributed by atoms with Crippen LogP contribution in [0, 0.1) is 5.92 Å². The molecule has 3 N–H and O–H groups in total. The van der Waals surface area contributed by atoms with Crippen molar-refractivity contribution in [2.24, 2.45) is 16.6 Å². The molecule has 7 heteroatoms. The molecule has 1 amide bonds. The highest BCUT2D eigenvalue weighted by Gasteiger charge is 2.41. The van der Waals surface area contributed by atoms with Crippen LogP contribution in [-0.2, 0) is 4.79 Å². The van der Waals surface area contributed by atoms with E-state index in [0.717, 1.165) is 22.3 Å². The first-order valence-corrected chi connectivity index (χ1v) is 7.38. The number of amides is 1. The average Bonchev–Trinajstić information content (AvgIpc) is 2.85. The molecule has 1 atom stereocenters. The Balaban J connectivity index is 0.00000192. The molecule has 23 heavy (non-hydrogen) atoms. The van der Waals surface area contributed by atoms with E-state index in [0.29, 0.717) is 12.5 Å². The Hall–Kier alpha value is -2.02. The third-order valence-electron chi connectivity index (χ3n) is 3.68. The molecule has 1 aliphatic heterocycles. The zero-order valence-corrected chi connectivity index (χ0v) is 14.0. The topological polar surface area (TPSA) is 80.4 Å². The number of halogens is 1. The molecule has 6 nitrogen and oxygen atoms in total. The Morgan fingerprint density at radius 3 is 2.78 bits per heavy atom. The molecule has 1 aromatic heterocycles. The zero-order chi connectivity index (χ0) is 15.7. The van der Waals surface area contributed by atoms with Crippen molar-refractivity contribution < 1.29 is 4.79 Å². The number of nitrogens with one attached hydrogen (secondary N) is 1. The summed E-state index contributed by atoms with van der Waals surface area (Å²) in [4.78, 5) is 20.9. The largest absolute Gasteiger partial charge is 0.322 e. The number of hydrogen-bond acceptors (Lipinski definition) is 4. The van der Waals surface area contributed by atoms with Crippen molar-refractivity contribution in [3.8, 4) is 0 Å². The summed E-state index contributed by atoms with van der Waals surface area (Å²) in [5.74, 6) is 0.156. The number of benzene rings is 1. The number of aliphatic imine (C=N–C) groups is 1. The second-order valence-corrected chi connectivity index (χ2v) is 5.94. The third-order valence-corrected chi connectivity index (χ3v) is 3.68. The molecule has 0 spiro atoms. The number of carbonyl (C=O) groups is 1. The highest BCUT2D eigenvalue weighted by molar-refractivity contribution is 6.04. The molecule has 2 heterocycles. The molecule has 0 radical (unpaired) electrons. The fraction of sp³-hybridized carbons (Fsp3) is 0.312. The van der Waals surface area contributed by atoms with Crippen molar-refractivity contribution in [1.82, 2.24) is 15.0 Å². The van der Waals surface area contributed by atoms with E-state index in [1.165, 1.54) is 0 Å². The highest BCUT2D eigenvalue weighted by Crippen LogP contribution is 2.42. The second-order valence-electron chi connectivity index (χ2n) is 5.94. The first-order valence-electron chi connectivity index (χ1n) is 7.38. The van der Waals surface area contributed by atoms with E-state index < -0.39 is 0 Å². The first kappa shape index (κ1) is 17.3. The molecule has 0 saturated carbocycles. The van der Waals surface area contributed by atoms with Gasteiger partial charge in [-0.15, -0.1) is 17.0 Å². The minimum atomic E-state index is -0.208. The quantitative estimate of drug-likeness (QED) is 0.842. The summed E-state index contributed by atoms with van der Waals surface area (Å²) in [6.07, 6.45) is 3.52. The van der Waals surface area contributed by atoms with E-state index in [-0.39, 0.29) is 29.5 Å². The molecular weight excluding hydrogens is 314 g/mol. The predicted molar refractivity (Wildman–Crippen MR) is 95.8 cm³/mol. The fourth-order valence-corrected chi connectivity index (χ4v) is 2.96. The summed E-state index contributed by atoms with van der Waals surface area (Å²) >= 11 is 0. The molecule has 122 valence electrons. The number of para-hydroxylation sites is 1. The van der Waals surface area contributed by atoms with Gasteiger partial charge in [0.1, 0.15) is 6.54 Å². The van der Waals surface area contributed by atoms with Crippen molar-refractivity contribution in [3.63, 3.8) is 0 Å². The number of hydrogen-bond donors (Lipinski definition) is 2. The van der Waals surface area contributed by atoms with Crippen LogP contribution in [0.2, 0.25) is 0 Å². The summed E-state index contributed by atoms with van der Waals surface area (Å²) < 4.78 is 0.187. The minimum Gasteiger partial charge on any atom is -0.322 e. The average molecular weight is 335 g/mol. The van der Waals surface area contributed by atoms with E-state index >= 15 is 0 Å². The van der Waals surface area contributed by atoms with Crippen LogP contribution in [-0.4, -0.2) is 30.3 Å². The summed E-state index contributed by atoms with van der Waals surface area (Å²) in [5.41, 5.74) is 11.1. The number of aromatic nitrogens is 1. The molecule has 3 rings (SSSR count). The summed E-state index contributed by atoms with van der Waals surface area (Å²) in [6.45, 7) is 4.88.